The van der Waals surface area contributed by atoms with Crippen LogP contribution in [-0.2, 0) is 21.3 Å². The van der Waals surface area contributed by atoms with Gasteiger partial charge in [0, 0.05) is 19.0 Å². The number of ether oxygens (including phenoxy) is 1. The first-order valence-electron chi connectivity index (χ1n) is 8.09. The molecule has 1 amide bonds. The molecule has 0 bridgehead atoms. The lowest BCUT2D eigenvalue weighted by molar-refractivity contribution is 0.00809. The molecule has 134 valence electrons. The van der Waals surface area contributed by atoms with Gasteiger partial charge in [-0.25, -0.2) is 4.79 Å². The summed E-state index contributed by atoms with van der Waals surface area (Å²) in [6.45, 7) is 8.47. The lowest BCUT2D eigenvalue weighted by Gasteiger charge is -2.40. The molecule has 0 spiro atoms. The minimum atomic E-state index is -4.23. The third-order valence-corrected chi connectivity index (χ3v) is 4.76. The molecule has 0 radical (unpaired) electrons. The standard InChI is InChI=1S/C17H25NO5S/c1-5-6-12-7-8-14(24(20,21)22)9-15(12)13-10-18(11-13)16(19)23-17(2,3)4/h7-9,13H,5-6,10-11H2,1-4H3,(H,20,21,22). The van der Waals surface area contributed by atoms with Crippen molar-refractivity contribution in [2.24, 2.45) is 0 Å². The molecule has 0 unspecified atom stereocenters. The number of nitrogens with zero attached hydrogens (tertiary/aromatic N) is 1. The molecular weight excluding hydrogens is 330 g/mol. The number of hydrogen-bond acceptors (Lipinski definition) is 4. The van der Waals surface area contributed by atoms with Crippen LogP contribution in [0.4, 0.5) is 4.79 Å². The van der Waals surface area contributed by atoms with E-state index >= 15 is 0 Å². The smallest absolute Gasteiger partial charge is 0.410 e. The third kappa shape index (κ3) is 4.48. The highest BCUT2D eigenvalue weighted by molar-refractivity contribution is 7.85. The Morgan fingerprint density at radius 3 is 2.46 bits per heavy atom. The van der Waals surface area contributed by atoms with Gasteiger partial charge >= 0.3 is 6.09 Å². The monoisotopic (exact) mass is 355 g/mol. The van der Waals surface area contributed by atoms with Gasteiger partial charge in [0.1, 0.15) is 5.60 Å². The average molecular weight is 355 g/mol. The second kappa shape index (κ2) is 6.72. The molecule has 1 aliphatic heterocycles. The molecular formula is C17H25NO5S. The van der Waals surface area contributed by atoms with Crippen molar-refractivity contribution < 1.29 is 22.5 Å². The van der Waals surface area contributed by atoms with Gasteiger partial charge in [0.15, 0.2) is 0 Å². The van der Waals surface area contributed by atoms with Gasteiger partial charge in [-0.15, -0.1) is 0 Å². The molecule has 0 aromatic heterocycles. The Kier molecular flexibility index (Phi) is 5.25. The number of carbonyl (C=O) groups is 1. The SMILES string of the molecule is CCCc1ccc(S(=O)(=O)O)cc1C1CN(C(=O)OC(C)(C)C)C1. The predicted molar refractivity (Wildman–Crippen MR) is 90.8 cm³/mol. The van der Waals surface area contributed by atoms with Crippen molar-refractivity contribution in [1.82, 2.24) is 4.90 Å². The number of hydrogen-bond donors (Lipinski definition) is 1. The molecule has 7 heteroatoms. The number of likely N-dealkylation sites (tertiary alicyclic amines) is 1. The number of benzene rings is 1. The molecule has 1 aliphatic rings. The molecule has 24 heavy (non-hydrogen) atoms. The van der Waals surface area contributed by atoms with Crippen molar-refractivity contribution >= 4 is 16.2 Å². The van der Waals surface area contributed by atoms with Crippen molar-refractivity contribution in [2.45, 2.75) is 57.0 Å². The molecule has 0 atom stereocenters. The van der Waals surface area contributed by atoms with Crippen LogP contribution in [0.5, 0.6) is 0 Å². The zero-order chi connectivity index (χ0) is 18.1. The lowest BCUT2D eigenvalue weighted by atomic mass is 9.87. The van der Waals surface area contributed by atoms with Crippen LogP contribution in [-0.4, -0.2) is 42.7 Å². The van der Waals surface area contributed by atoms with Crippen molar-refractivity contribution in [3.05, 3.63) is 29.3 Å². The molecule has 1 fully saturated rings. The van der Waals surface area contributed by atoms with Gasteiger partial charge in [0.25, 0.3) is 10.1 Å². The first kappa shape index (κ1) is 18.7. The highest BCUT2D eigenvalue weighted by atomic mass is 32.2. The van der Waals surface area contributed by atoms with E-state index in [2.05, 4.69) is 0 Å². The maximum absolute atomic E-state index is 12.0. The summed E-state index contributed by atoms with van der Waals surface area (Å²) in [5.74, 6) is 0.0563. The summed E-state index contributed by atoms with van der Waals surface area (Å²) in [7, 11) is -4.23. The summed E-state index contributed by atoms with van der Waals surface area (Å²) in [5, 5.41) is 0. The van der Waals surface area contributed by atoms with E-state index in [1.807, 2.05) is 27.7 Å². The van der Waals surface area contributed by atoms with E-state index in [-0.39, 0.29) is 16.9 Å². The van der Waals surface area contributed by atoms with Gasteiger partial charge in [-0.05, 0) is 50.5 Å². The zero-order valence-electron chi connectivity index (χ0n) is 14.6. The summed E-state index contributed by atoms with van der Waals surface area (Å²) in [5.41, 5.74) is 1.39. The molecule has 1 aromatic carbocycles. The minimum absolute atomic E-state index is 0.0563. The van der Waals surface area contributed by atoms with E-state index in [4.69, 9.17) is 4.74 Å². The van der Waals surface area contributed by atoms with Crippen molar-refractivity contribution in [3.63, 3.8) is 0 Å². The molecule has 1 saturated heterocycles. The second-order valence-electron chi connectivity index (χ2n) is 7.17. The van der Waals surface area contributed by atoms with Gasteiger partial charge in [0.2, 0.25) is 0 Å². The fourth-order valence-electron chi connectivity index (χ4n) is 2.76. The predicted octanol–water partition coefficient (Wildman–Crippen LogP) is 3.22. The molecule has 2 rings (SSSR count). The van der Waals surface area contributed by atoms with Crippen LogP contribution in [0.3, 0.4) is 0 Å². The van der Waals surface area contributed by atoms with Crippen LogP contribution < -0.4 is 0 Å². The molecule has 6 nitrogen and oxygen atoms in total. The Hall–Kier alpha value is -1.60. The van der Waals surface area contributed by atoms with Crippen LogP contribution in [0, 0.1) is 0 Å². The molecule has 0 aliphatic carbocycles. The van der Waals surface area contributed by atoms with Crippen LogP contribution in [0.2, 0.25) is 0 Å². The first-order valence-corrected chi connectivity index (χ1v) is 9.53. The summed E-state index contributed by atoms with van der Waals surface area (Å²) in [6, 6.07) is 4.70. The Morgan fingerprint density at radius 1 is 1.33 bits per heavy atom. The molecule has 0 saturated carbocycles. The quantitative estimate of drug-likeness (QED) is 0.838. The zero-order valence-corrected chi connectivity index (χ0v) is 15.4. The maximum Gasteiger partial charge on any atom is 0.410 e. The van der Waals surface area contributed by atoms with Crippen molar-refractivity contribution in [1.29, 1.82) is 0 Å². The van der Waals surface area contributed by atoms with Crippen molar-refractivity contribution in [2.75, 3.05) is 13.1 Å². The maximum atomic E-state index is 12.0. The van der Waals surface area contributed by atoms with E-state index < -0.39 is 15.7 Å². The third-order valence-electron chi connectivity index (χ3n) is 3.91. The second-order valence-corrected chi connectivity index (χ2v) is 8.59. The normalized spacial score (nSPS) is 16.0. The minimum Gasteiger partial charge on any atom is -0.444 e. The summed E-state index contributed by atoms with van der Waals surface area (Å²) in [6.07, 6.45) is 1.40. The van der Waals surface area contributed by atoms with E-state index in [0.29, 0.717) is 13.1 Å². The lowest BCUT2D eigenvalue weighted by Crippen LogP contribution is -2.50. The van der Waals surface area contributed by atoms with Crippen LogP contribution in [0.25, 0.3) is 0 Å². The van der Waals surface area contributed by atoms with Gasteiger partial charge in [-0.3, -0.25) is 4.55 Å². The van der Waals surface area contributed by atoms with E-state index in [1.54, 1.807) is 11.0 Å². The number of aryl methyl sites for hydroxylation is 1. The number of amides is 1. The Morgan fingerprint density at radius 2 is 1.96 bits per heavy atom. The van der Waals surface area contributed by atoms with Crippen LogP contribution in [0.1, 0.15) is 51.2 Å². The molecule has 1 heterocycles. The van der Waals surface area contributed by atoms with E-state index in [0.717, 1.165) is 24.0 Å². The van der Waals surface area contributed by atoms with Gasteiger partial charge in [-0.2, -0.15) is 8.42 Å². The highest BCUT2D eigenvalue weighted by Crippen LogP contribution is 2.32. The van der Waals surface area contributed by atoms with E-state index in [9.17, 15) is 17.8 Å². The average Bonchev–Trinajstić information content (AvgIpc) is 2.35. The Labute approximate surface area is 143 Å². The number of carbonyl (C=O) groups excluding carboxylic acids is 1. The Balaban J connectivity index is 2.16. The van der Waals surface area contributed by atoms with Crippen LogP contribution >= 0.6 is 0 Å². The summed E-state index contributed by atoms with van der Waals surface area (Å²) < 4.78 is 37.4. The van der Waals surface area contributed by atoms with E-state index in [1.165, 1.54) is 12.1 Å². The highest BCUT2D eigenvalue weighted by Gasteiger charge is 2.35. The molecule has 1 N–H and O–H groups in total. The fourth-order valence-corrected chi connectivity index (χ4v) is 3.28. The number of rotatable bonds is 4. The summed E-state index contributed by atoms with van der Waals surface area (Å²) >= 11 is 0. The van der Waals surface area contributed by atoms with Crippen molar-refractivity contribution in [3.8, 4) is 0 Å². The fraction of sp³-hybridized carbons (Fsp3) is 0.588. The largest absolute Gasteiger partial charge is 0.444 e. The first-order chi connectivity index (χ1) is 11.0. The topological polar surface area (TPSA) is 83.9 Å². The van der Waals surface area contributed by atoms with Gasteiger partial charge < -0.3 is 9.64 Å². The summed E-state index contributed by atoms with van der Waals surface area (Å²) in [4.78, 5) is 13.5. The Bertz CT molecular complexity index is 715. The van der Waals surface area contributed by atoms with Crippen LogP contribution in [0.15, 0.2) is 23.1 Å². The van der Waals surface area contributed by atoms with Gasteiger partial charge in [0.05, 0.1) is 4.90 Å². The van der Waals surface area contributed by atoms with Gasteiger partial charge in [-0.1, -0.05) is 19.4 Å². The molecule has 1 aromatic rings.